The lowest BCUT2D eigenvalue weighted by Gasteiger charge is -2.34. The number of piperidine rings is 1. The smallest absolute Gasteiger partial charge is 0.324 e. The number of hydrogen-bond acceptors (Lipinski definition) is 2. The van der Waals surface area contributed by atoms with Crippen molar-refractivity contribution < 1.29 is 9.18 Å². The summed E-state index contributed by atoms with van der Waals surface area (Å²) in [5.74, 6) is 1.46. The number of urea groups is 1. The van der Waals surface area contributed by atoms with Gasteiger partial charge >= 0.3 is 6.03 Å². The number of aromatic nitrogens is 2. The highest BCUT2D eigenvalue weighted by Gasteiger charge is 2.32. The fourth-order valence-corrected chi connectivity index (χ4v) is 3.94. The Morgan fingerprint density at radius 1 is 1.28 bits per heavy atom. The van der Waals surface area contributed by atoms with E-state index < -0.39 is 0 Å². The predicted molar refractivity (Wildman–Crippen MR) is 94.1 cm³/mol. The van der Waals surface area contributed by atoms with E-state index in [1.807, 2.05) is 30.4 Å². The quantitative estimate of drug-likeness (QED) is 0.842. The molecule has 6 heteroatoms. The summed E-state index contributed by atoms with van der Waals surface area (Å²) in [6.45, 7) is 2.09. The van der Waals surface area contributed by atoms with E-state index >= 15 is 0 Å². The van der Waals surface area contributed by atoms with Crippen molar-refractivity contribution in [3.05, 3.63) is 47.8 Å². The number of carbonyl (C=O) groups is 1. The number of fused-ring (bicyclic) bond motifs is 1. The van der Waals surface area contributed by atoms with Gasteiger partial charge in [0.15, 0.2) is 0 Å². The number of anilines is 1. The number of aryl methyl sites for hydroxylation is 1. The maximum Gasteiger partial charge on any atom is 0.324 e. The molecule has 1 aromatic heterocycles. The number of hydrogen-bond donors (Lipinski definition) is 0. The number of imidazole rings is 1. The number of carbonyl (C=O) groups excluding carboxylic acids is 1. The molecule has 0 atom stereocenters. The first kappa shape index (κ1) is 16.1. The van der Waals surface area contributed by atoms with E-state index in [0.717, 1.165) is 43.9 Å². The Bertz CT molecular complexity index is 779. The molecule has 0 N–H and O–H groups in total. The normalized spacial score (nSPS) is 17.8. The zero-order valence-electron chi connectivity index (χ0n) is 14.5. The molecule has 0 saturated carbocycles. The van der Waals surface area contributed by atoms with Crippen LogP contribution >= 0.6 is 0 Å². The van der Waals surface area contributed by atoms with E-state index in [9.17, 15) is 9.18 Å². The van der Waals surface area contributed by atoms with Crippen LogP contribution in [0.4, 0.5) is 14.9 Å². The average molecular weight is 342 g/mol. The van der Waals surface area contributed by atoms with Crippen LogP contribution in [0.15, 0.2) is 30.6 Å². The highest BCUT2D eigenvalue weighted by molar-refractivity contribution is 5.94. The van der Waals surface area contributed by atoms with Gasteiger partial charge in [-0.05, 0) is 37.3 Å². The van der Waals surface area contributed by atoms with E-state index in [4.69, 9.17) is 0 Å². The Balaban J connectivity index is 1.38. The molecule has 1 saturated heterocycles. The Hall–Kier alpha value is -2.37. The first-order valence-corrected chi connectivity index (χ1v) is 8.93. The molecule has 0 bridgehead atoms. The van der Waals surface area contributed by atoms with E-state index in [0.29, 0.717) is 24.4 Å². The monoisotopic (exact) mass is 342 g/mol. The maximum atomic E-state index is 13.9. The van der Waals surface area contributed by atoms with Crippen molar-refractivity contribution in [3.63, 3.8) is 0 Å². The van der Waals surface area contributed by atoms with Crippen LogP contribution in [0.25, 0.3) is 0 Å². The number of rotatable bonds is 2. The number of nitrogens with zero attached hydrogens (tertiary/aromatic N) is 4. The van der Waals surface area contributed by atoms with Crippen LogP contribution in [0.1, 0.15) is 24.2 Å². The highest BCUT2D eigenvalue weighted by atomic mass is 19.1. The lowest BCUT2D eigenvalue weighted by molar-refractivity contribution is 0.176. The zero-order chi connectivity index (χ0) is 17.4. The third kappa shape index (κ3) is 3.01. The Morgan fingerprint density at radius 3 is 2.80 bits per heavy atom. The lowest BCUT2D eigenvalue weighted by Crippen LogP contribution is -2.46. The SMILES string of the molecule is Cn1ccnc1CC1CCN(C(=O)N2CCc3c(F)cccc32)CC1. The molecule has 132 valence electrons. The molecule has 5 nitrogen and oxygen atoms in total. The minimum absolute atomic E-state index is 0.0137. The second-order valence-electron chi connectivity index (χ2n) is 7.01. The van der Waals surface area contributed by atoms with Crippen molar-refractivity contribution in [2.75, 3.05) is 24.5 Å². The molecule has 1 fully saturated rings. The molecule has 3 heterocycles. The molecule has 1 aromatic carbocycles. The number of amides is 2. The van der Waals surface area contributed by atoms with Gasteiger partial charge in [-0.25, -0.2) is 14.2 Å². The van der Waals surface area contributed by atoms with Crippen molar-refractivity contribution in [2.45, 2.75) is 25.7 Å². The highest BCUT2D eigenvalue weighted by Crippen LogP contribution is 2.31. The van der Waals surface area contributed by atoms with Crippen LogP contribution in [-0.4, -0.2) is 40.1 Å². The average Bonchev–Trinajstić information content (AvgIpc) is 3.23. The summed E-state index contributed by atoms with van der Waals surface area (Å²) in [6.07, 6.45) is 7.34. The second kappa shape index (κ2) is 6.50. The van der Waals surface area contributed by atoms with Gasteiger partial charge in [0.1, 0.15) is 11.6 Å². The predicted octanol–water partition coefficient (Wildman–Crippen LogP) is 3.00. The topological polar surface area (TPSA) is 41.4 Å². The van der Waals surface area contributed by atoms with Crippen molar-refractivity contribution in [1.29, 1.82) is 0 Å². The molecule has 0 aliphatic carbocycles. The van der Waals surface area contributed by atoms with Gasteiger partial charge in [-0.1, -0.05) is 6.07 Å². The van der Waals surface area contributed by atoms with E-state index in [1.54, 1.807) is 11.0 Å². The molecule has 4 rings (SSSR count). The maximum absolute atomic E-state index is 13.9. The van der Waals surface area contributed by atoms with Gasteiger partial charge in [-0.15, -0.1) is 0 Å². The Labute approximate surface area is 147 Å². The summed E-state index contributed by atoms with van der Waals surface area (Å²) >= 11 is 0. The molecule has 0 radical (unpaired) electrons. The Morgan fingerprint density at radius 2 is 2.08 bits per heavy atom. The molecule has 2 aliphatic heterocycles. The van der Waals surface area contributed by atoms with E-state index in [2.05, 4.69) is 9.55 Å². The van der Waals surface area contributed by atoms with Crippen molar-refractivity contribution in [3.8, 4) is 0 Å². The molecule has 0 spiro atoms. The summed E-state index contributed by atoms with van der Waals surface area (Å²) in [7, 11) is 2.02. The van der Waals surface area contributed by atoms with Gasteiger partial charge in [0.05, 0.1) is 5.69 Å². The lowest BCUT2D eigenvalue weighted by atomic mass is 9.93. The number of benzene rings is 1. The molecular formula is C19H23FN4O. The fourth-order valence-electron chi connectivity index (χ4n) is 3.94. The number of likely N-dealkylation sites (tertiary alicyclic amines) is 1. The van der Waals surface area contributed by atoms with E-state index in [1.165, 1.54) is 6.07 Å². The molecular weight excluding hydrogens is 319 g/mol. The van der Waals surface area contributed by atoms with Crippen LogP contribution in [0.5, 0.6) is 0 Å². The molecule has 2 amide bonds. The van der Waals surface area contributed by atoms with E-state index in [-0.39, 0.29) is 11.8 Å². The van der Waals surface area contributed by atoms with Crippen molar-refractivity contribution in [2.24, 2.45) is 13.0 Å². The summed E-state index contributed by atoms with van der Waals surface area (Å²) < 4.78 is 15.9. The van der Waals surface area contributed by atoms with Gasteiger partial charge < -0.3 is 9.47 Å². The standard InChI is InChI=1S/C19H23FN4O/c1-22-12-8-21-18(22)13-14-5-9-23(10-6-14)19(25)24-11-7-15-16(20)3-2-4-17(15)24/h2-4,8,12,14H,5-7,9-11,13H2,1H3. The molecule has 25 heavy (non-hydrogen) atoms. The summed E-state index contributed by atoms with van der Waals surface area (Å²) in [5, 5.41) is 0. The van der Waals surface area contributed by atoms with Gasteiger partial charge in [0, 0.05) is 51.1 Å². The van der Waals surface area contributed by atoms with Crippen LogP contribution < -0.4 is 4.90 Å². The third-order valence-corrected chi connectivity index (χ3v) is 5.48. The second-order valence-corrected chi connectivity index (χ2v) is 7.01. The molecule has 2 aliphatic rings. The van der Waals surface area contributed by atoms with Gasteiger partial charge in [0.2, 0.25) is 0 Å². The first-order valence-electron chi connectivity index (χ1n) is 8.93. The van der Waals surface area contributed by atoms with Crippen molar-refractivity contribution >= 4 is 11.7 Å². The fraction of sp³-hybridized carbons (Fsp3) is 0.474. The van der Waals surface area contributed by atoms with Crippen LogP contribution in [0, 0.1) is 11.7 Å². The zero-order valence-corrected chi connectivity index (χ0v) is 14.5. The minimum Gasteiger partial charge on any atom is -0.338 e. The van der Waals surface area contributed by atoms with Crippen LogP contribution in [0.3, 0.4) is 0 Å². The Kier molecular flexibility index (Phi) is 4.19. The molecule has 0 unspecified atom stereocenters. The minimum atomic E-state index is -0.207. The summed E-state index contributed by atoms with van der Waals surface area (Å²) in [4.78, 5) is 20.9. The first-order chi connectivity index (χ1) is 12.1. The van der Waals surface area contributed by atoms with Crippen LogP contribution in [-0.2, 0) is 19.9 Å². The van der Waals surface area contributed by atoms with Gasteiger partial charge in [-0.2, -0.15) is 0 Å². The van der Waals surface area contributed by atoms with Crippen LogP contribution in [0.2, 0.25) is 0 Å². The summed E-state index contributed by atoms with van der Waals surface area (Å²) in [5.41, 5.74) is 1.40. The third-order valence-electron chi connectivity index (χ3n) is 5.48. The van der Waals surface area contributed by atoms with Gasteiger partial charge in [-0.3, -0.25) is 4.90 Å². The molecule has 2 aromatic rings. The summed E-state index contributed by atoms with van der Waals surface area (Å²) in [6, 6.07) is 5.01. The number of halogens is 1. The largest absolute Gasteiger partial charge is 0.338 e. The van der Waals surface area contributed by atoms with Gasteiger partial charge in [0.25, 0.3) is 0 Å². The van der Waals surface area contributed by atoms with Crippen molar-refractivity contribution in [1.82, 2.24) is 14.5 Å².